The molecule has 7 nitrogen and oxygen atoms in total. The summed E-state index contributed by atoms with van der Waals surface area (Å²) in [5.41, 5.74) is 1.20. The highest BCUT2D eigenvalue weighted by atomic mass is 32.1. The van der Waals surface area contributed by atoms with E-state index >= 15 is 0 Å². The molecule has 0 bridgehead atoms. The Hall–Kier alpha value is -2.84. The molecule has 0 atom stereocenters. The maximum absolute atomic E-state index is 12.5. The molecule has 2 aromatic rings. The number of piperidine rings is 1. The minimum absolute atomic E-state index is 0.0666. The SMILES string of the molecule is CCOC(=O)N1CCN(Cc2cccc(OC3CCN(C(=O)/C=C/c4cccs4)CC3)c2)CC1. The van der Waals surface area contributed by atoms with Gasteiger partial charge in [0.2, 0.25) is 5.91 Å². The quantitative estimate of drug-likeness (QED) is 0.555. The Morgan fingerprint density at radius 3 is 2.53 bits per heavy atom. The van der Waals surface area contributed by atoms with E-state index in [0.717, 1.165) is 43.1 Å². The minimum atomic E-state index is -0.219. The number of carbonyl (C=O) groups excluding carboxylic acids is 2. The van der Waals surface area contributed by atoms with E-state index < -0.39 is 0 Å². The highest BCUT2D eigenvalue weighted by Gasteiger charge is 2.24. The van der Waals surface area contributed by atoms with Crippen LogP contribution in [0.1, 0.15) is 30.2 Å². The maximum Gasteiger partial charge on any atom is 0.409 e. The van der Waals surface area contributed by atoms with Crippen LogP contribution in [0, 0.1) is 0 Å². The molecule has 182 valence electrons. The Bertz CT molecular complexity index is 962. The summed E-state index contributed by atoms with van der Waals surface area (Å²) in [6.45, 7) is 7.53. The summed E-state index contributed by atoms with van der Waals surface area (Å²) >= 11 is 1.63. The molecule has 0 aliphatic carbocycles. The molecule has 2 aliphatic heterocycles. The molecule has 1 aromatic heterocycles. The number of amides is 2. The van der Waals surface area contributed by atoms with Crippen LogP contribution < -0.4 is 4.74 Å². The van der Waals surface area contributed by atoms with Gasteiger partial charge in [-0.25, -0.2) is 4.79 Å². The predicted octanol–water partition coefficient (Wildman–Crippen LogP) is 4.11. The molecule has 1 aromatic carbocycles. The van der Waals surface area contributed by atoms with E-state index in [1.807, 2.05) is 47.5 Å². The van der Waals surface area contributed by atoms with Crippen LogP contribution in [0.2, 0.25) is 0 Å². The third kappa shape index (κ3) is 6.84. The van der Waals surface area contributed by atoms with Gasteiger partial charge in [0.1, 0.15) is 11.9 Å². The van der Waals surface area contributed by atoms with Crippen molar-refractivity contribution in [2.24, 2.45) is 0 Å². The molecule has 2 amide bonds. The molecule has 3 heterocycles. The third-order valence-electron chi connectivity index (χ3n) is 6.19. The lowest BCUT2D eigenvalue weighted by atomic mass is 10.1. The summed E-state index contributed by atoms with van der Waals surface area (Å²) in [7, 11) is 0. The zero-order chi connectivity index (χ0) is 23.8. The van der Waals surface area contributed by atoms with Crippen molar-refractivity contribution in [1.82, 2.24) is 14.7 Å². The molecule has 34 heavy (non-hydrogen) atoms. The van der Waals surface area contributed by atoms with Gasteiger partial charge in [-0.05, 0) is 42.1 Å². The van der Waals surface area contributed by atoms with Gasteiger partial charge in [-0.15, -0.1) is 11.3 Å². The van der Waals surface area contributed by atoms with Crippen molar-refractivity contribution in [1.29, 1.82) is 0 Å². The van der Waals surface area contributed by atoms with Crippen molar-refractivity contribution in [3.05, 3.63) is 58.3 Å². The van der Waals surface area contributed by atoms with Crippen LogP contribution in [0.4, 0.5) is 4.79 Å². The third-order valence-corrected chi connectivity index (χ3v) is 7.03. The lowest BCUT2D eigenvalue weighted by molar-refractivity contribution is -0.127. The van der Waals surface area contributed by atoms with Crippen molar-refractivity contribution >= 4 is 29.4 Å². The average molecular weight is 484 g/mol. The standard InChI is InChI=1S/C26H33N3O4S/c1-2-32-26(31)29-16-14-27(15-17-29)20-21-5-3-6-23(19-21)33-22-10-12-28(13-11-22)25(30)9-8-24-7-4-18-34-24/h3-9,18-19,22H,2,10-17,20H2,1H3/b9-8+. The number of likely N-dealkylation sites (tertiary alicyclic amines) is 1. The van der Waals surface area contributed by atoms with Crippen LogP contribution in [0.3, 0.4) is 0 Å². The maximum atomic E-state index is 12.5. The number of piperazine rings is 1. The summed E-state index contributed by atoms with van der Waals surface area (Å²) in [6, 6.07) is 12.3. The van der Waals surface area contributed by atoms with Crippen molar-refractivity contribution in [2.75, 3.05) is 45.9 Å². The van der Waals surface area contributed by atoms with E-state index in [1.165, 1.54) is 5.56 Å². The highest BCUT2D eigenvalue weighted by molar-refractivity contribution is 7.10. The van der Waals surface area contributed by atoms with Crippen molar-refractivity contribution < 1.29 is 19.1 Å². The number of benzene rings is 1. The second-order valence-corrected chi connectivity index (χ2v) is 9.58. The van der Waals surface area contributed by atoms with Gasteiger partial charge in [-0.2, -0.15) is 0 Å². The normalized spacial score (nSPS) is 17.8. The fourth-order valence-corrected chi connectivity index (χ4v) is 4.93. The molecule has 4 rings (SSSR count). The van der Waals surface area contributed by atoms with Crippen LogP contribution in [0.5, 0.6) is 5.75 Å². The van der Waals surface area contributed by atoms with E-state index in [4.69, 9.17) is 9.47 Å². The molecular weight excluding hydrogens is 450 g/mol. The Balaban J connectivity index is 1.21. The lowest BCUT2D eigenvalue weighted by Gasteiger charge is -2.34. The molecule has 0 N–H and O–H groups in total. The van der Waals surface area contributed by atoms with E-state index in [2.05, 4.69) is 17.0 Å². The van der Waals surface area contributed by atoms with Gasteiger partial charge in [0.25, 0.3) is 0 Å². The van der Waals surface area contributed by atoms with Crippen molar-refractivity contribution in [2.45, 2.75) is 32.4 Å². The Morgan fingerprint density at radius 1 is 1.03 bits per heavy atom. The van der Waals surface area contributed by atoms with Gasteiger partial charge < -0.3 is 19.3 Å². The van der Waals surface area contributed by atoms with Gasteiger partial charge in [0.05, 0.1) is 6.61 Å². The first kappa shape index (κ1) is 24.3. The molecule has 2 aliphatic rings. The van der Waals surface area contributed by atoms with Crippen molar-refractivity contribution in [3.8, 4) is 5.75 Å². The number of nitrogens with zero attached hydrogens (tertiary/aromatic N) is 3. The fraction of sp³-hybridized carbons (Fsp3) is 0.462. The van der Waals surface area contributed by atoms with Crippen LogP contribution in [-0.2, 0) is 16.1 Å². The number of hydrogen-bond donors (Lipinski definition) is 0. The summed E-state index contributed by atoms with van der Waals surface area (Å²) in [5.74, 6) is 0.946. The summed E-state index contributed by atoms with van der Waals surface area (Å²) < 4.78 is 11.4. The van der Waals surface area contributed by atoms with Crippen LogP contribution >= 0.6 is 11.3 Å². The lowest BCUT2D eigenvalue weighted by Crippen LogP contribution is -2.48. The van der Waals surface area contributed by atoms with E-state index in [-0.39, 0.29) is 18.1 Å². The zero-order valence-corrected chi connectivity index (χ0v) is 20.5. The second-order valence-electron chi connectivity index (χ2n) is 8.60. The first-order valence-electron chi connectivity index (χ1n) is 12.0. The Labute approximate surface area is 205 Å². The minimum Gasteiger partial charge on any atom is -0.490 e. The molecular formula is C26H33N3O4S. The summed E-state index contributed by atoms with van der Waals surface area (Å²) in [5, 5.41) is 2.01. The van der Waals surface area contributed by atoms with Crippen LogP contribution in [0.25, 0.3) is 6.08 Å². The first-order chi connectivity index (χ1) is 16.6. The second kappa shape index (κ2) is 12.0. The molecule has 2 fully saturated rings. The van der Waals surface area contributed by atoms with Gasteiger partial charge >= 0.3 is 6.09 Å². The number of thiophene rings is 1. The van der Waals surface area contributed by atoms with Gasteiger partial charge in [0, 0.05) is 69.6 Å². The number of rotatable bonds is 7. The molecule has 2 saturated heterocycles. The van der Waals surface area contributed by atoms with Crippen LogP contribution in [-0.4, -0.2) is 78.7 Å². The molecule has 0 radical (unpaired) electrons. The highest BCUT2D eigenvalue weighted by Crippen LogP contribution is 2.22. The van der Waals surface area contributed by atoms with E-state index in [0.29, 0.717) is 32.8 Å². The predicted molar refractivity (Wildman–Crippen MR) is 134 cm³/mol. The first-order valence-corrected chi connectivity index (χ1v) is 12.9. The van der Waals surface area contributed by atoms with E-state index in [1.54, 1.807) is 22.3 Å². The largest absolute Gasteiger partial charge is 0.490 e. The number of ether oxygens (including phenoxy) is 2. The molecule has 8 heteroatoms. The number of carbonyl (C=O) groups is 2. The van der Waals surface area contributed by atoms with Gasteiger partial charge in [-0.1, -0.05) is 18.2 Å². The average Bonchev–Trinajstić information content (AvgIpc) is 3.38. The Morgan fingerprint density at radius 2 is 1.82 bits per heavy atom. The van der Waals surface area contributed by atoms with Crippen LogP contribution in [0.15, 0.2) is 47.9 Å². The Kier molecular flexibility index (Phi) is 8.60. The van der Waals surface area contributed by atoms with Gasteiger partial charge in [-0.3, -0.25) is 9.69 Å². The smallest absolute Gasteiger partial charge is 0.409 e. The topological polar surface area (TPSA) is 62.3 Å². The zero-order valence-electron chi connectivity index (χ0n) is 19.7. The number of hydrogen-bond acceptors (Lipinski definition) is 6. The molecule has 0 saturated carbocycles. The molecule has 0 spiro atoms. The van der Waals surface area contributed by atoms with E-state index in [9.17, 15) is 9.59 Å². The summed E-state index contributed by atoms with van der Waals surface area (Å²) in [4.78, 5) is 31.4. The fourth-order valence-electron chi connectivity index (χ4n) is 4.31. The summed E-state index contributed by atoms with van der Waals surface area (Å²) in [6.07, 6.45) is 5.12. The van der Waals surface area contributed by atoms with Gasteiger partial charge in [0.15, 0.2) is 0 Å². The monoisotopic (exact) mass is 483 g/mol. The molecule has 0 unspecified atom stereocenters. The van der Waals surface area contributed by atoms with Crippen molar-refractivity contribution in [3.63, 3.8) is 0 Å².